The molecule has 7 heteroatoms. The molecule has 2 N–H and O–H groups in total. The monoisotopic (exact) mass is 413 g/mol. The summed E-state index contributed by atoms with van der Waals surface area (Å²) in [6, 6.07) is 0. The summed E-state index contributed by atoms with van der Waals surface area (Å²) < 4.78 is 9.87. The molecule has 124 valence electrons. The van der Waals surface area contributed by atoms with Crippen molar-refractivity contribution in [2.45, 2.75) is 38.5 Å². The smallest absolute Gasteiger partial charge is 0.305 e. The number of unbranched alkanes of at least 4 members (excludes halogenated alkanes) is 4. The van der Waals surface area contributed by atoms with E-state index in [9.17, 15) is 4.79 Å². The van der Waals surface area contributed by atoms with Crippen LogP contribution in [0.1, 0.15) is 38.5 Å². The van der Waals surface area contributed by atoms with Crippen LogP contribution in [0.15, 0.2) is 4.99 Å². The largest absolute Gasteiger partial charge is 0.469 e. The Morgan fingerprint density at radius 1 is 1.19 bits per heavy atom. The fourth-order valence-electron chi connectivity index (χ4n) is 2.10. The molecule has 0 aromatic carbocycles. The normalized spacial score (nSPS) is 15.5. The summed E-state index contributed by atoms with van der Waals surface area (Å²) >= 11 is 0. The molecule has 1 aliphatic heterocycles. The fourth-order valence-corrected chi connectivity index (χ4v) is 2.10. The first-order valence-corrected chi connectivity index (χ1v) is 7.43. The van der Waals surface area contributed by atoms with Crippen molar-refractivity contribution in [2.75, 3.05) is 40.0 Å². The van der Waals surface area contributed by atoms with Gasteiger partial charge >= 0.3 is 5.97 Å². The molecule has 0 radical (unpaired) electrons. The van der Waals surface area contributed by atoms with Crippen molar-refractivity contribution in [1.29, 1.82) is 0 Å². The first-order valence-electron chi connectivity index (χ1n) is 7.43. The first-order chi connectivity index (χ1) is 9.74. The predicted octanol–water partition coefficient (Wildman–Crippen LogP) is 1.76. The van der Waals surface area contributed by atoms with Crippen LogP contribution in [0.2, 0.25) is 0 Å². The Balaban J connectivity index is 0.00000400. The minimum atomic E-state index is -0.118. The van der Waals surface area contributed by atoms with Gasteiger partial charge in [-0.05, 0) is 12.8 Å². The zero-order chi connectivity index (χ0) is 14.6. The molecule has 0 bridgehead atoms. The number of halogens is 1. The molecule has 0 aromatic heterocycles. The average molecular weight is 413 g/mol. The van der Waals surface area contributed by atoms with Crippen LogP contribution >= 0.6 is 24.0 Å². The number of hydrogen-bond acceptors (Lipinski definition) is 4. The number of carbonyl (C=O) groups excluding carboxylic acids is 1. The second-order valence-corrected chi connectivity index (χ2v) is 4.93. The molecule has 1 heterocycles. The van der Waals surface area contributed by atoms with Gasteiger partial charge in [-0.25, -0.2) is 0 Å². The third kappa shape index (κ3) is 9.89. The van der Waals surface area contributed by atoms with Gasteiger partial charge < -0.3 is 20.1 Å². The van der Waals surface area contributed by atoms with Gasteiger partial charge in [-0.2, -0.15) is 0 Å². The average Bonchev–Trinajstić information content (AvgIpc) is 2.50. The highest BCUT2D eigenvalue weighted by Gasteiger charge is 2.11. The van der Waals surface area contributed by atoms with E-state index in [2.05, 4.69) is 14.6 Å². The van der Waals surface area contributed by atoms with E-state index < -0.39 is 0 Å². The number of rotatable bonds is 8. The summed E-state index contributed by atoms with van der Waals surface area (Å²) in [6.45, 7) is 3.92. The van der Waals surface area contributed by atoms with E-state index in [4.69, 9.17) is 10.5 Å². The van der Waals surface area contributed by atoms with Crippen LogP contribution in [0, 0.1) is 0 Å². The van der Waals surface area contributed by atoms with Crippen molar-refractivity contribution in [2.24, 2.45) is 10.7 Å². The minimum absolute atomic E-state index is 0. The second-order valence-electron chi connectivity index (χ2n) is 4.93. The summed E-state index contributed by atoms with van der Waals surface area (Å²) in [5, 5.41) is 0. The van der Waals surface area contributed by atoms with Crippen molar-refractivity contribution in [3.8, 4) is 0 Å². The Labute approximate surface area is 144 Å². The Morgan fingerprint density at radius 2 is 1.81 bits per heavy atom. The molecular weight excluding hydrogens is 385 g/mol. The van der Waals surface area contributed by atoms with Crippen molar-refractivity contribution < 1.29 is 14.3 Å². The van der Waals surface area contributed by atoms with Crippen LogP contribution in [0.4, 0.5) is 0 Å². The Hall–Kier alpha value is -0.570. The van der Waals surface area contributed by atoms with E-state index in [1.54, 1.807) is 0 Å². The highest BCUT2D eigenvalue weighted by Crippen LogP contribution is 2.06. The lowest BCUT2D eigenvalue weighted by Crippen LogP contribution is -2.44. The molecule has 0 atom stereocenters. The molecule has 1 rings (SSSR count). The maximum absolute atomic E-state index is 10.9. The molecular formula is C14H28IN3O3. The van der Waals surface area contributed by atoms with E-state index in [1.165, 1.54) is 7.11 Å². The van der Waals surface area contributed by atoms with Gasteiger partial charge in [0.2, 0.25) is 0 Å². The minimum Gasteiger partial charge on any atom is -0.469 e. The maximum atomic E-state index is 10.9. The zero-order valence-corrected chi connectivity index (χ0v) is 15.2. The van der Waals surface area contributed by atoms with Crippen molar-refractivity contribution >= 4 is 35.9 Å². The molecule has 6 nitrogen and oxygen atoms in total. The molecule has 0 unspecified atom stereocenters. The van der Waals surface area contributed by atoms with Gasteiger partial charge in [0.1, 0.15) is 0 Å². The number of carbonyl (C=O) groups is 1. The lowest BCUT2D eigenvalue weighted by molar-refractivity contribution is -0.140. The summed E-state index contributed by atoms with van der Waals surface area (Å²) in [5.41, 5.74) is 5.93. The summed E-state index contributed by atoms with van der Waals surface area (Å²) in [5.74, 6) is 0.520. The highest BCUT2D eigenvalue weighted by atomic mass is 127. The molecule has 1 fully saturated rings. The van der Waals surface area contributed by atoms with E-state index >= 15 is 0 Å². The number of nitrogens with zero attached hydrogens (tertiary/aromatic N) is 2. The standard InChI is InChI=1S/C14H27N3O3.HI/c1-19-13(18)7-5-3-2-4-6-8-16-14(15)17-9-11-20-12-10-17;/h2-12H2,1H3,(H2,15,16);1H. The summed E-state index contributed by atoms with van der Waals surface area (Å²) in [7, 11) is 1.43. The number of methoxy groups -OCH3 is 1. The lowest BCUT2D eigenvalue weighted by atomic mass is 10.1. The van der Waals surface area contributed by atoms with Gasteiger partial charge in [-0.3, -0.25) is 9.79 Å². The summed E-state index contributed by atoms with van der Waals surface area (Å²) in [4.78, 5) is 17.4. The van der Waals surface area contributed by atoms with Gasteiger partial charge in [0.05, 0.1) is 20.3 Å². The molecule has 0 aromatic rings. The number of aliphatic imine (C=N–C) groups is 1. The van der Waals surface area contributed by atoms with E-state index in [0.717, 1.165) is 65.0 Å². The van der Waals surface area contributed by atoms with Gasteiger partial charge in [-0.1, -0.05) is 19.3 Å². The van der Waals surface area contributed by atoms with Crippen molar-refractivity contribution in [1.82, 2.24) is 4.90 Å². The Kier molecular flexibility index (Phi) is 12.8. The second kappa shape index (κ2) is 13.1. The number of ether oxygens (including phenoxy) is 2. The molecule has 21 heavy (non-hydrogen) atoms. The number of guanidine groups is 1. The van der Waals surface area contributed by atoms with Crippen molar-refractivity contribution in [3.05, 3.63) is 0 Å². The number of hydrogen-bond donors (Lipinski definition) is 1. The van der Waals surface area contributed by atoms with Crippen LogP contribution in [-0.4, -0.2) is 56.8 Å². The fraction of sp³-hybridized carbons (Fsp3) is 0.857. The van der Waals surface area contributed by atoms with Gasteiger partial charge in [0, 0.05) is 26.1 Å². The van der Waals surface area contributed by atoms with Crippen molar-refractivity contribution in [3.63, 3.8) is 0 Å². The molecule has 0 spiro atoms. The SMILES string of the molecule is COC(=O)CCCCCCCN=C(N)N1CCOCC1.I. The Morgan fingerprint density at radius 3 is 2.48 bits per heavy atom. The van der Waals surface area contributed by atoms with Crippen LogP contribution in [0.5, 0.6) is 0 Å². The molecule has 1 saturated heterocycles. The molecule has 0 saturated carbocycles. The van der Waals surface area contributed by atoms with Gasteiger partial charge in [0.15, 0.2) is 5.96 Å². The van der Waals surface area contributed by atoms with Gasteiger partial charge in [0.25, 0.3) is 0 Å². The van der Waals surface area contributed by atoms with E-state index in [-0.39, 0.29) is 29.9 Å². The highest BCUT2D eigenvalue weighted by molar-refractivity contribution is 14.0. The predicted molar refractivity (Wildman–Crippen MR) is 94.0 cm³/mol. The molecule has 0 aliphatic carbocycles. The zero-order valence-electron chi connectivity index (χ0n) is 12.9. The third-order valence-corrected chi connectivity index (χ3v) is 3.38. The lowest BCUT2D eigenvalue weighted by Gasteiger charge is -2.27. The Bertz CT molecular complexity index is 308. The number of morpholine rings is 1. The van der Waals surface area contributed by atoms with Crippen LogP contribution in [0.3, 0.4) is 0 Å². The molecule has 0 amide bonds. The van der Waals surface area contributed by atoms with E-state index in [0.29, 0.717) is 12.4 Å². The van der Waals surface area contributed by atoms with Crippen LogP contribution < -0.4 is 5.73 Å². The number of esters is 1. The number of nitrogens with two attached hydrogens (primary N) is 1. The maximum Gasteiger partial charge on any atom is 0.305 e. The van der Waals surface area contributed by atoms with E-state index in [1.807, 2.05) is 0 Å². The first kappa shape index (κ1) is 20.4. The molecule has 1 aliphatic rings. The van der Waals surface area contributed by atoms with Crippen LogP contribution in [0.25, 0.3) is 0 Å². The topological polar surface area (TPSA) is 77.1 Å². The summed E-state index contributed by atoms with van der Waals surface area (Å²) in [6.07, 6.45) is 5.80. The van der Waals surface area contributed by atoms with Crippen LogP contribution in [-0.2, 0) is 14.3 Å². The third-order valence-electron chi connectivity index (χ3n) is 3.38. The quantitative estimate of drug-likeness (QED) is 0.216. The van der Waals surface area contributed by atoms with Gasteiger partial charge in [-0.15, -0.1) is 24.0 Å².